The Morgan fingerprint density at radius 3 is 2.42 bits per heavy atom. The maximum atomic E-state index is 13.5. The summed E-state index contributed by atoms with van der Waals surface area (Å²) in [7, 11) is -2.55. The number of hydrogen-bond donors (Lipinski definition) is 3. The minimum atomic E-state index is -3.95. The van der Waals surface area contributed by atoms with Crippen molar-refractivity contribution in [2.75, 3.05) is 37.0 Å². The van der Waals surface area contributed by atoms with Crippen molar-refractivity contribution in [3.8, 4) is 0 Å². The van der Waals surface area contributed by atoms with Crippen molar-refractivity contribution in [3.63, 3.8) is 0 Å². The Morgan fingerprint density at radius 2 is 1.82 bits per heavy atom. The van der Waals surface area contributed by atoms with Crippen LogP contribution in [0.5, 0.6) is 0 Å². The maximum absolute atomic E-state index is 13.5. The van der Waals surface area contributed by atoms with Crippen molar-refractivity contribution in [1.29, 1.82) is 0 Å². The van der Waals surface area contributed by atoms with Crippen molar-refractivity contribution in [2.24, 2.45) is 11.7 Å². The second-order valence-corrected chi connectivity index (χ2v) is 9.76. The fourth-order valence-electron chi connectivity index (χ4n) is 3.91. The number of nitrogens with two attached hydrogens (primary N) is 1. The summed E-state index contributed by atoms with van der Waals surface area (Å²) in [6.45, 7) is 2.63. The van der Waals surface area contributed by atoms with Crippen LogP contribution < -0.4 is 20.7 Å². The summed E-state index contributed by atoms with van der Waals surface area (Å²) >= 11 is 0. The van der Waals surface area contributed by atoms with E-state index in [1.165, 1.54) is 13.2 Å². The number of nitrogens with zero attached hydrogens (tertiary/aromatic N) is 1. The predicted molar refractivity (Wildman–Crippen MR) is 126 cm³/mol. The van der Waals surface area contributed by atoms with Crippen LogP contribution in [-0.4, -0.2) is 47.0 Å². The van der Waals surface area contributed by atoms with Crippen LogP contribution in [0.25, 0.3) is 0 Å². The van der Waals surface area contributed by atoms with Crippen LogP contribution in [0.2, 0.25) is 0 Å². The molecule has 9 nitrogen and oxygen atoms in total. The highest BCUT2D eigenvalue weighted by molar-refractivity contribution is 7.89. The SMILES string of the molecule is COCC(=O)Nc1ccc(N2CCC(C(N)=O)CC2)c(S(=O)(=O)NC(C)c2ccccc2)c1. The zero-order valence-corrected chi connectivity index (χ0v) is 19.6. The van der Waals surface area contributed by atoms with E-state index in [0.29, 0.717) is 37.3 Å². The number of amides is 2. The number of nitrogens with one attached hydrogen (secondary N) is 2. The molecule has 2 aromatic rings. The lowest BCUT2D eigenvalue weighted by Gasteiger charge is -2.33. The van der Waals surface area contributed by atoms with E-state index in [1.54, 1.807) is 19.1 Å². The molecule has 1 fully saturated rings. The minimum Gasteiger partial charge on any atom is -0.375 e. The first-order chi connectivity index (χ1) is 15.7. The number of methoxy groups -OCH3 is 1. The molecule has 1 aliphatic heterocycles. The molecule has 0 aromatic heterocycles. The zero-order chi connectivity index (χ0) is 24.0. The normalized spacial score (nSPS) is 15.8. The molecule has 1 heterocycles. The molecule has 1 saturated heterocycles. The number of ether oxygens (including phenoxy) is 1. The number of rotatable bonds is 9. The van der Waals surface area contributed by atoms with E-state index in [9.17, 15) is 18.0 Å². The summed E-state index contributed by atoms with van der Waals surface area (Å²) in [4.78, 5) is 25.5. The highest BCUT2D eigenvalue weighted by Gasteiger charge is 2.29. The quantitative estimate of drug-likeness (QED) is 0.510. The Hall–Kier alpha value is -2.95. The number of carbonyl (C=O) groups is 2. The van der Waals surface area contributed by atoms with E-state index in [0.717, 1.165) is 5.56 Å². The van der Waals surface area contributed by atoms with Crippen LogP contribution in [-0.2, 0) is 24.3 Å². The molecule has 1 aliphatic rings. The summed E-state index contributed by atoms with van der Waals surface area (Å²) in [5.41, 5.74) is 7.12. The van der Waals surface area contributed by atoms with Crippen molar-refractivity contribution in [3.05, 3.63) is 54.1 Å². The summed E-state index contributed by atoms with van der Waals surface area (Å²) in [6, 6.07) is 13.6. The number of anilines is 2. The molecule has 2 aromatic carbocycles. The average Bonchev–Trinajstić information content (AvgIpc) is 2.79. The standard InChI is InChI=1S/C23H30N4O5S/c1-16(17-6-4-3-5-7-17)26-33(30,31)21-14-19(25-22(28)15-32-2)8-9-20(21)27-12-10-18(11-13-27)23(24)29/h3-9,14,16,18,26H,10-13,15H2,1-2H3,(H2,24,29)(H,25,28). The largest absolute Gasteiger partial charge is 0.375 e. The van der Waals surface area contributed by atoms with E-state index in [4.69, 9.17) is 10.5 Å². The van der Waals surface area contributed by atoms with Crippen LogP contribution in [0.15, 0.2) is 53.4 Å². The lowest BCUT2D eigenvalue weighted by atomic mass is 9.96. The van der Waals surface area contributed by atoms with Gasteiger partial charge in [-0.15, -0.1) is 0 Å². The van der Waals surface area contributed by atoms with Crippen molar-refractivity contribution < 1.29 is 22.7 Å². The molecule has 33 heavy (non-hydrogen) atoms. The lowest BCUT2D eigenvalue weighted by molar-refractivity contribution is -0.122. The van der Waals surface area contributed by atoms with Gasteiger partial charge in [0.1, 0.15) is 11.5 Å². The van der Waals surface area contributed by atoms with Crippen LogP contribution in [0, 0.1) is 5.92 Å². The summed E-state index contributed by atoms with van der Waals surface area (Å²) in [5.74, 6) is -0.941. The maximum Gasteiger partial charge on any atom is 0.250 e. The van der Waals surface area contributed by atoms with Crippen molar-refractivity contribution in [2.45, 2.75) is 30.7 Å². The Bertz CT molecular complexity index is 1080. The number of carbonyl (C=O) groups excluding carboxylic acids is 2. The van der Waals surface area contributed by atoms with Crippen LogP contribution >= 0.6 is 0 Å². The molecule has 3 rings (SSSR count). The first-order valence-corrected chi connectivity index (χ1v) is 12.2. The molecule has 0 spiro atoms. The molecule has 0 bridgehead atoms. The average molecular weight is 475 g/mol. The third kappa shape index (κ3) is 6.31. The molecule has 0 aliphatic carbocycles. The van der Waals surface area contributed by atoms with Crippen LogP contribution in [0.4, 0.5) is 11.4 Å². The molecular weight excluding hydrogens is 444 g/mol. The number of sulfonamides is 1. The van der Waals surface area contributed by atoms with Crippen LogP contribution in [0.1, 0.15) is 31.4 Å². The highest BCUT2D eigenvalue weighted by atomic mass is 32.2. The second kappa shape index (κ2) is 10.8. The van der Waals surface area contributed by atoms with Gasteiger partial charge in [0.25, 0.3) is 0 Å². The first kappa shape index (κ1) is 24.7. The van der Waals surface area contributed by atoms with Gasteiger partial charge in [0.15, 0.2) is 0 Å². The Balaban J connectivity index is 1.92. The summed E-state index contributed by atoms with van der Waals surface area (Å²) in [6.07, 6.45) is 1.10. The molecule has 0 radical (unpaired) electrons. The number of primary amides is 1. The van der Waals surface area contributed by atoms with E-state index in [1.807, 2.05) is 35.2 Å². The summed E-state index contributed by atoms with van der Waals surface area (Å²) in [5, 5.41) is 2.66. The van der Waals surface area contributed by atoms with Gasteiger partial charge < -0.3 is 20.7 Å². The van der Waals surface area contributed by atoms with Crippen LogP contribution in [0.3, 0.4) is 0 Å². The van der Waals surface area contributed by atoms with Gasteiger partial charge in [-0.3, -0.25) is 9.59 Å². The second-order valence-electron chi connectivity index (χ2n) is 8.08. The summed E-state index contributed by atoms with van der Waals surface area (Å²) < 4.78 is 34.5. The molecule has 178 valence electrons. The molecular formula is C23H30N4O5S. The highest BCUT2D eigenvalue weighted by Crippen LogP contribution is 2.32. The first-order valence-electron chi connectivity index (χ1n) is 10.8. The number of hydrogen-bond acceptors (Lipinski definition) is 6. The molecule has 1 unspecified atom stereocenters. The molecule has 0 saturated carbocycles. The fourth-order valence-corrected chi connectivity index (χ4v) is 5.39. The van der Waals surface area contributed by atoms with Gasteiger partial charge in [-0.1, -0.05) is 30.3 Å². The monoisotopic (exact) mass is 474 g/mol. The molecule has 10 heteroatoms. The van der Waals surface area contributed by atoms with Gasteiger partial charge in [-0.05, 0) is 43.5 Å². The smallest absolute Gasteiger partial charge is 0.250 e. The number of benzene rings is 2. The van der Waals surface area contributed by atoms with E-state index >= 15 is 0 Å². The van der Waals surface area contributed by atoms with Gasteiger partial charge in [-0.2, -0.15) is 0 Å². The molecule has 2 amide bonds. The Kier molecular flexibility index (Phi) is 8.06. The van der Waals surface area contributed by atoms with Gasteiger partial charge in [0.05, 0.1) is 5.69 Å². The van der Waals surface area contributed by atoms with E-state index in [-0.39, 0.29) is 29.2 Å². The predicted octanol–water partition coefficient (Wildman–Crippen LogP) is 2.01. The van der Waals surface area contributed by atoms with Gasteiger partial charge in [-0.25, -0.2) is 13.1 Å². The Labute approximate surface area is 194 Å². The third-order valence-corrected chi connectivity index (χ3v) is 7.25. The van der Waals surface area contributed by atoms with Crippen molar-refractivity contribution in [1.82, 2.24) is 4.72 Å². The topological polar surface area (TPSA) is 131 Å². The van der Waals surface area contributed by atoms with E-state index < -0.39 is 16.1 Å². The number of piperidine rings is 1. The van der Waals surface area contributed by atoms with Gasteiger partial charge in [0.2, 0.25) is 21.8 Å². The molecule has 1 atom stereocenters. The van der Waals surface area contributed by atoms with Gasteiger partial charge in [0, 0.05) is 37.8 Å². The lowest BCUT2D eigenvalue weighted by Crippen LogP contribution is -2.39. The minimum absolute atomic E-state index is 0.0537. The van der Waals surface area contributed by atoms with Crippen molar-refractivity contribution >= 4 is 33.2 Å². The zero-order valence-electron chi connectivity index (χ0n) is 18.8. The fraction of sp³-hybridized carbons (Fsp3) is 0.391. The van der Waals surface area contributed by atoms with Gasteiger partial charge >= 0.3 is 0 Å². The molecule has 4 N–H and O–H groups in total. The third-order valence-electron chi connectivity index (χ3n) is 5.68. The van der Waals surface area contributed by atoms with E-state index in [2.05, 4.69) is 10.0 Å². The Morgan fingerprint density at radius 1 is 1.15 bits per heavy atom.